The van der Waals surface area contributed by atoms with Crippen LogP contribution in [0.1, 0.15) is 49.5 Å². The van der Waals surface area contributed by atoms with Crippen LogP contribution in [0.4, 0.5) is 13.2 Å². The maximum absolute atomic E-state index is 13.9. The van der Waals surface area contributed by atoms with Crippen molar-refractivity contribution in [1.29, 1.82) is 0 Å². The molecule has 0 spiro atoms. The Bertz CT molecular complexity index is 1100. The molecule has 1 aromatic carbocycles. The first-order chi connectivity index (χ1) is 16.7. The van der Waals surface area contributed by atoms with Crippen LogP contribution >= 0.6 is 0 Å². The fourth-order valence-corrected chi connectivity index (χ4v) is 3.97. The van der Waals surface area contributed by atoms with E-state index in [1.807, 2.05) is 20.8 Å². The number of pyridine rings is 1. The number of likely N-dealkylation sites (N-methyl/N-ethyl adjacent to an activating group) is 1. The number of carbonyl (C=O) groups excluding carboxylic acids is 1. The number of hydrogen-bond donors (Lipinski definition) is 0. The van der Waals surface area contributed by atoms with Gasteiger partial charge in [0.25, 0.3) is 5.91 Å². The predicted octanol–water partition coefficient (Wildman–Crippen LogP) is 4.79. The van der Waals surface area contributed by atoms with Crippen LogP contribution in [0.2, 0.25) is 0 Å². The van der Waals surface area contributed by atoms with Crippen molar-refractivity contribution in [2.75, 3.05) is 13.7 Å². The van der Waals surface area contributed by atoms with E-state index in [1.165, 1.54) is 30.4 Å². The molecule has 11 heteroatoms. The molecule has 0 aliphatic rings. The Morgan fingerprint density at radius 1 is 1.09 bits per heavy atom. The van der Waals surface area contributed by atoms with Crippen molar-refractivity contribution in [1.82, 2.24) is 24.9 Å². The number of benzene rings is 1. The van der Waals surface area contributed by atoms with Crippen molar-refractivity contribution < 1.29 is 27.4 Å². The van der Waals surface area contributed by atoms with Crippen LogP contribution in [0, 0.1) is 0 Å². The molecule has 0 radical (unpaired) electrons. The summed E-state index contributed by atoms with van der Waals surface area (Å²) < 4.78 is 50.1. The zero-order chi connectivity index (χ0) is 25.6. The first-order valence-electron chi connectivity index (χ1n) is 11.3. The van der Waals surface area contributed by atoms with Gasteiger partial charge in [0, 0.05) is 18.8 Å². The first kappa shape index (κ1) is 26.0. The summed E-state index contributed by atoms with van der Waals surface area (Å²) >= 11 is 0. The summed E-state index contributed by atoms with van der Waals surface area (Å²) in [7, 11) is 1.48. The van der Waals surface area contributed by atoms with Gasteiger partial charge in [-0.05, 0) is 38.0 Å². The van der Waals surface area contributed by atoms with E-state index in [-0.39, 0.29) is 17.8 Å². The van der Waals surface area contributed by atoms with Crippen LogP contribution in [0.15, 0.2) is 48.9 Å². The van der Waals surface area contributed by atoms with E-state index >= 15 is 0 Å². The largest absolute Gasteiger partial charge is 0.496 e. The van der Waals surface area contributed by atoms with Crippen molar-refractivity contribution in [2.45, 2.75) is 51.9 Å². The average molecular weight is 492 g/mol. The number of rotatable bonds is 10. The summed E-state index contributed by atoms with van der Waals surface area (Å²) in [4.78, 5) is 20.7. The van der Waals surface area contributed by atoms with Crippen LogP contribution in [-0.2, 0) is 6.18 Å². The number of alkyl halides is 3. The summed E-state index contributed by atoms with van der Waals surface area (Å²) in [5, 5.41) is 8.31. The van der Waals surface area contributed by atoms with Gasteiger partial charge < -0.3 is 14.4 Å². The molecule has 0 aliphatic carbocycles. The molecule has 0 saturated carbocycles. The molecule has 3 aromatic rings. The minimum atomic E-state index is -4.48. The van der Waals surface area contributed by atoms with E-state index in [4.69, 9.17) is 9.47 Å². The van der Waals surface area contributed by atoms with Crippen molar-refractivity contribution in [2.24, 2.45) is 0 Å². The van der Waals surface area contributed by atoms with Gasteiger partial charge in [-0.25, -0.2) is 4.98 Å². The Kier molecular flexibility index (Phi) is 8.31. The second-order valence-corrected chi connectivity index (χ2v) is 7.69. The molecule has 2 unspecified atom stereocenters. The summed E-state index contributed by atoms with van der Waals surface area (Å²) in [5.41, 5.74) is -0.0914. The maximum Gasteiger partial charge on any atom is 0.417 e. The molecule has 1 amide bonds. The van der Waals surface area contributed by atoms with Gasteiger partial charge in [-0.15, -0.1) is 0 Å². The van der Waals surface area contributed by atoms with E-state index in [0.29, 0.717) is 36.4 Å². The summed E-state index contributed by atoms with van der Waals surface area (Å²) in [6, 6.07) is 6.90. The second-order valence-electron chi connectivity index (χ2n) is 7.69. The summed E-state index contributed by atoms with van der Waals surface area (Å²) in [6.45, 7) is 6.02. The molecule has 0 saturated heterocycles. The minimum Gasteiger partial charge on any atom is -0.496 e. The molecular weight excluding hydrogens is 463 g/mol. The van der Waals surface area contributed by atoms with Gasteiger partial charge in [0.2, 0.25) is 5.88 Å². The highest BCUT2D eigenvalue weighted by Gasteiger charge is 2.34. The van der Waals surface area contributed by atoms with Crippen LogP contribution in [-0.4, -0.2) is 56.6 Å². The molecule has 0 bridgehead atoms. The number of hydrogen-bond acceptors (Lipinski definition) is 6. The van der Waals surface area contributed by atoms with Gasteiger partial charge >= 0.3 is 6.18 Å². The molecule has 188 valence electrons. The molecule has 2 atom stereocenters. The summed E-state index contributed by atoms with van der Waals surface area (Å²) in [6.07, 6.45) is -0.175. The fourth-order valence-electron chi connectivity index (χ4n) is 3.97. The van der Waals surface area contributed by atoms with Crippen LogP contribution in [0.25, 0.3) is 5.69 Å². The monoisotopic (exact) mass is 491 g/mol. The smallest absolute Gasteiger partial charge is 0.417 e. The van der Waals surface area contributed by atoms with E-state index in [1.54, 1.807) is 23.1 Å². The molecule has 3 rings (SSSR count). The Labute approximate surface area is 201 Å². The lowest BCUT2D eigenvalue weighted by molar-refractivity contribution is -0.137. The molecule has 0 N–H and O–H groups in total. The Morgan fingerprint density at radius 2 is 1.80 bits per heavy atom. The third-order valence-corrected chi connectivity index (χ3v) is 5.66. The number of carbonyl (C=O) groups is 1. The number of methoxy groups -OCH3 is 1. The van der Waals surface area contributed by atoms with Crippen LogP contribution < -0.4 is 9.47 Å². The predicted molar refractivity (Wildman–Crippen MR) is 123 cm³/mol. The van der Waals surface area contributed by atoms with Gasteiger partial charge in [-0.2, -0.15) is 28.2 Å². The highest BCUT2D eigenvalue weighted by Crippen LogP contribution is 2.31. The Morgan fingerprint density at radius 3 is 2.31 bits per heavy atom. The molecule has 0 aliphatic heterocycles. The second kappa shape index (κ2) is 11.2. The van der Waals surface area contributed by atoms with Gasteiger partial charge in [-0.3, -0.25) is 4.79 Å². The molecular formula is C24H28F3N5O3. The van der Waals surface area contributed by atoms with E-state index in [0.717, 1.165) is 12.3 Å². The lowest BCUT2D eigenvalue weighted by atomic mass is 10.0. The third kappa shape index (κ3) is 5.72. The number of ether oxygens (including phenoxy) is 2. The number of nitrogens with zero attached hydrogens (tertiary/aromatic N) is 5. The Balaban J connectivity index is 1.93. The average Bonchev–Trinajstić information content (AvgIpc) is 3.40. The lowest BCUT2D eigenvalue weighted by Gasteiger charge is -2.36. The molecule has 2 aromatic heterocycles. The lowest BCUT2D eigenvalue weighted by Crippen LogP contribution is -2.49. The van der Waals surface area contributed by atoms with Crippen molar-refractivity contribution >= 4 is 5.91 Å². The van der Waals surface area contributed by atoms with Crippen LogP contribution in [0.5, 0.6) is 11.6 Å². The highest BCUT2D eigenvalue weighted by atomic mass is 19.4. The number of halogens is 3. The van der Waals surface area contributed by atoms with E-state index in [2.05, 4.69) is 15.2 Å². The normalized spacial score (nSPS) is 13.2. The van der Waals surface area contributed by atoms with Crippen LogP contribution in [0.3, 0.4) is 0 Å². The molecule has 2 heterocycles. The standard InChI is InChI=1S/C24H28F3N5O3/c1-5-17(19(6-2)35-21-12-11-16(15-28-21)24(25,26)27)31(7-3)23(33)22-18(32-29-13-14-30-32)9-8-10-20(22)34-4/h8-15,17,19H,5-7H2,1-4H3. The fraction of sp³-hybridized carbons (Fsp3) is 0.417. The van der Waals surface area contributed by atoms with Gasteiger partial charge in [0.1, 0.15) is 23.1 Å². The zero-order valence-electron chi connectivity index (χ0n) is 20.0. The molecule has 8 nitrogen and oxygen atoms in total. The minimum absolute atomic E-state index is 0.0607. The number of aromatic nitrogens is 4. The van der Waals surface area contributed by atoms with Crippen molar-refractivity contribution in [3.05, 3.63) is 60.0 Å². The molecule has 35 heavy (non-hydrogen) atoms. The van der Waals surface area contributed by atoms with E-state index in [9.17, 15) is 18.0 Å². The van der Waals surface area contributed by atoms with Gasteiger partial charge in [-0.1, -0.05) is 19.9 Å². The van der Waals surface area contributed by atoms with Gasteiger partial charge in [0.05, 0.1) is 31.1 Å². The SMILES string of the molecule is CCC(Oc1ccc(C(F)(F)F)cn1)C(CC)N(CC)C(=O)c1c(OC)cccc1-n1nccn1. The van der Waals surface area contributed by atoms with E-state index < -0.39 is 17.8 Å². The maximum atomic E-state index is 13.9. The van der Waals surface area contributed by atoms with Crippen molar-refractivity contribution in [3.8, 4) is 17.3 Å². The zero-order valence-corrected chi connectivity index (χ0v) is 20.0. The topological polar surface area (TPSA) is 82.4 Å². The summed E-state index contributed by atoms with van der Waals surface area (Å²) in [5.74, 6) is 0.133. The Hall–Kier alpha value is -3.63. The highest BCUT2D eigenvalue weighted by molar-refractivity contribution is 6.00. The molecule has 0 fully saturated rings. The van der Waals surface area contributed by atoms with Gasteiger partial charge in [0.15, 0.2) is 0 Å². The van der Waals surface area contributed by atoms with Crippen molar-refractivity contribution in [3.63, 3.8) is 0 Å². The number of amides is 1. The first-order valence-corrected chi connectivity index (χ1v) is 11.3. The quantitative estimate of drug-likeness (QED) is 0.406. The third-order valence-electron chi connectivity index (χ3n) is 5.66.